The molecule has 1 saturated carbocycles. The molecule has 5 rings (SSSR count). The summed E-state index contributed by atoms with van der Waals surface area (Å²) in [5.41, 5.74) is 7.30. The minimum atomic E-state index is -0.316. The molecule has 0 saturated heterocycles. The van der Waals surface area contributed by atoms with Gasteiger partial charge in [0.15, 0.2) is 11.4 Å². The van der Waals surface area contributed by atoms with E-state index in [2.05, 4.69) is 20.4 Å². The van der Waals surface area contributed by atoms with Gasteiger partial charge in [0.2, 0.25) is 18.0 Å². The molecule has 3 N–H and O–H groups in total. The SMILES string of the molecule is CCC(Nc1nc[n+](C)c(N)c1-c1nc(C)no1)c1nc2cccc(Cl)c2c(=O)n1C1CC1. The van der Waals surface area contributed by atoms with Crippen molar-refractivity contribution in [1.82, 2.24) is 24.7 Å². The van der Waals surface area contributed by atoms with Gasteiger partial charge in [0, 0.05) is 6.04 Å². The van der Waals surface area contributed by atoms with Crippen molar-refractivity contribution in [3.63, 3.8) is 0 Å². The van der Waals surface area contributed by atoms with E-state index in [-0.39, 0.29) is 23.5 Å². The molecule has 1 aliphatic carbocycles. The number of halogens is 1. The van der Waals surface area contributed by atoms with E-state index in [1.54, 1.807) is 41.6 Å². The maximum atomic E-state index is 13.5. The molecular weight excluding hydrogens is 444 g/mol. The quantitative estimate of drug-likeness (QED) is 0.414. The summed E-state index contributed by atoms with van der Waals surface area (Å²) in [6.07, 6.45) is 4.12. The molecule has 10 nitrogen and oxygen atoms in total. The van der Waals surface area contributed by atoms with Gasteiger partial charge in [-0.1, -0.05) is 34.7 Å². The van der Waals surface area contributed by atoms with Gasteiger partial charge in [-0.15, -0.1) is 0 Å². The molecule has 1 aliphatic rings. The third-order valence-corrected chi connectivity index (χ3v) is 6.14. The Morgan fingerprint density at radius 3 is 2.82 bits per heavy atom. The molecule has 170 valence electrons. The van der Waals surface area contributed by atoms with Crippen LogP contribution in [0.4, 0.5) is 11.6 Å². The minimum absolute atomic E-state index is 0.112. The highest BCUT2D eigenvalue weighted by Gasteiger charge is 2.33. The second kappa shape index (κ2) is 8.11. The number of aryl methyl sites for hydroxylation is 2. The summed E-state index contributed by atoms with van der Waals surface area (Å²) in [6, 6.07) is 5.12. The van der Waals surface area contributed by atoms with E-state index in [9.17, 15) is 4.79 Å². The maximum absolute atomic E-state index is 13.5. The lowest BCUT2D eigenvalue weighted by molar-refractivity contribution is -0.659. The average molecular weight is 468 g/mol. The third-order valence-electron chi connectivity index (χ3n) is 5.82. The molecule has 3 heterocycles. The minimum Gasteiger partial charge on any atom is -0.346 e. The highest BCUT2D eigenvalue weighted by Crippen LogP contribution is 2.38. The van der Waals surface area contributed by atoms with Crippen molar-refractivity contribution in [2.45, 2.75) is 45.2 Å². The second-order valence-electron chi connectivity index (χ2n) is 8.23. The Morgan fingerprint density at radius 2 is 2.15 bits per heavy atom. The summed E-state index contributed by atoms with van der Waals surface area (Å²) >= 11 is 6.36. The molecule has 1 unspecified atom stereocenters. The van der Waals surface area contributed by atoms with Crippen LogP contribution in [0.1, 0.15) is 49.9 Å². The van der Waals surface area contributed by atoms with E-state index in [0.717, 1.165) is 12.8 Å². The lowest BCUT2D eigenvalue weighted by Crippen LogP contribution is -2.34. The van der Waals surface area contributed by atoms with E-state index in [0.29, 0.717) is 51.2 Å². The number of anilines is 2. The first-order valence-electron chi connectivity index (χ1n) is 10.8. The van der Waals surface area contributed by atoms with Crippen LogP contribution in [0.5, 0.6) is 0 Å². The molecular formula is C22H24ClN8O2+. The first-order chi connectivity index (χ1) is 15.9. The molecule has 0 aliphatic heterocycles. The van der Waals surface area contributed by atoms with Gasteiger partial charge in [-0.05, 0) is 38.3 Å². The highest BCUT2D eigenvalue weighted by molar-refractivity contribution is 6.35. The maximum Gasteiger partial charge on any atom is 0.270 e. The van der Waals surface area contributed by atoms with E-state index >= 15 is 0 Å². The van der Waals surface area contributed by atoms with Crippen molar-refractivity contribution in [2.24, 2.45) is 7.05 Å². The number of hydrogen-bond donors (Lipinski definition) is 2. The summed E-state index contributed by atoms with van der Waals surface area (Å²) < 4.78 is 8.84. The first-order valence-corrected chi connectivity index (χ1v) is 11.2. The molecule has 1 aromatic carbocycles. The zero-order valence-electron chi connectivity index (χ0n) is 18.5. The largest absolute Gasteiger partial charge is 0.346 e. The number of rotatable bonds is 6. The van der Waals surface area contributed by atoms with E-state index in [1.807, 2.05) is 13.0 Å². The summed E-state index contributed by atoms with van der Waals surface area (Å²) in [7, 11) is 1.79. The lowest BCUT2D eigenvalue weighted by Gasteiger charge is -2.22. The van der Waals surface area contributed by atoms with Crippen molar-refractivity contribution in [3.8, 4) is 11.5 Å². The van der Waals surface area contributed by atoms with Crippen LogP contribution in [0.25, 0.3) is 22.4 Å². The highest BCUT2D eigenvalue weighted by atomic mass is 35.5. The Kier molecular flexibility index (Phi) is 5.24. The fourth-order valence-corrected chi connectivity index (χ4v) is 4.20. The number of hydrogen-bond acceptors (Lipinski definition) is 8. The van der Waals surface area contributed by atoms with Gasteiger partial charge in [-0.2, -0.15) is 4.98 Å². The van der Waals surface area contributed by atoms with Crippen LogP contribution in [0.3, 0.4) is 0 Å². The molecule has 0 spiro atoms. The first kappa shape index (κ1) is 21.3. The van der Waals surface area contributed by atoms with E-state index < -0.39 is 0 Å². The Morgan fingerprint density at radius 1 is 1.36 bits per heavy atom. The Bertz CT molecular complexity index is 1430. The number of nitrogens with two attached hydrogens (primary N) is 1. The van der Waals surface area contributed by atoms with Crippen LogP contribution in [0.2, 0.25) is 5.02 Å². The van der Waals surface area contributed by atoms with E-state index in [1.165, 1.54) is 0 Å². The van der Waals surface area contributed by atoms with E-state index in [4.69, 9.17) is 26.8 Å². The number of fused-ring (bicyclic) bond motifs is 1. The molecule has 4 aromatic rings. The van der Waals surface area contributed by atoms with Crippen LogP contribution >= 0.6 is 11.6 Å². The average Bonchev–Trinajstić information content (AvgIpc) is 3.54. The van der Waals surface area contributed by atoms with Crippen LogP contribution < -0.4 is 21.2 Å². The van der Waals surface area contributed by atoms with Gasteiger partial charge < -0.3 is 15.6 Å². The number of aromatic nitrogens is 6. The fraction of sp³-hybridized carbons (Fsp3) is 0.364. The second-order valence-corrected chi connectivity index (χ2v) is 8.63. The molecule has 0 bridgehead atoms. The summed E-state index contributed by atoms with van der Waals surface area (Å²) in [5.74, 6) is 2.29. The van der Waals surface area contributed by atoms with Gasteiger partial charge in [0.25, 0.3) is 11.4 Å². The number of nitrogen functional groups attached to an aromatic ring is 1. The van der Waals surface area contributed by atoms with Gasteiger partial charge in [0.1, 0.15) is 5.82 Å². The standard InChI is InChI=1S/C22H23ClN8O2/c1-4-14(27-19-17(18(24)30(3)10-25-19)21-26-11(2)29-33-21)20-28-15-7-5-6-13(23)16(15)22(32)31(20)12-8-9-12/h5-7,10,12,14H,4,8-9H2,1-3H3,(H2,24,26,27,29)/p+1. The Hall–Kier alpha value is -3.53. The predicted molar refractivity (Wildman–Crippen MR) is 124 cm³/mol. The number of nitrogens with one attached hydrogen (secondary N) is 1. The van der Waals surface area contributed by atoms with Crippen molar-refractivity contribution in [2.75, 3.05) is 11.1 Å². The smallest absolute Gasteiger partial charge is 0.270 e. The topological polar surface area (TPSA) is 129 Å². The van der Waals surface area contributed by atoms with Gasteiger partial charge in [0.05, 0.1) is 29.0 Å². The number of benzene rings is 1. The van der Waals surface area contributed by atoms with Crippen LogP contribution in [-0.4, -0.2) is 24.7 Å². The van der Waals surface area contributed by atoms with Crippen molar-refractivity contribution in [1.29, 1.82) is 0 Å². The predicted octanol–water partition coefficient (Wildman–Crippen LogP) is 3.11. The molecule has 1 atom stereocenters. The van der Waals surface area contributed by atoms with Crippen LogP contribution in [-0.2, 0) is 7.05 Å². The Balaban J connectivity index is 1.66. The number of nitrogens with zero attached hydrogens (tertiary/aromatic N) is 6. The molecule has 33 heavy (non-hydrogen) atoms. The molecule has 0 radical (unpaired) electrons. The molecule has 3 aromatic heterocycles. The fourth-order valence-electron chi connectivity index (χ4n) is 3.95. The van der Waals surface area contributed by atoms with Crippen LogP contribution in [0, 0.1) is 6.92 Å². The van der Waals surface area contributed by atoms with Gasteiger partial charge in [-0.25, -0.2) is 9.55 Å². The summed E-state index contributed by atoms with van der Waals surface area (Å²) in [6.45, 7) is 3.76. The van der Waals surface area contributed by atoms with Gasteiger partial charge >= 0.3 is 0 Å². The van der Waals surface area contributed by atoms with Crippen molar-refractivity contribution in [3.05, 3.63) is 51.6 Å². The third kappa shape index (κ3) is 3.70. The van der Waals surface area contributed by atoms with Crippen LogP contribution in [0.15, 0.2) is 33.8 Å². The zero-order chi connectivity index (χ0) is 23.3. The zero-order valence-corrected chi connectivity index (χ0v) is 19.3. The lowest BCUT2D eigenvalue weighted by atomic mass is 10.1. The molecule has 11 heteroatoms. The molecule has 0 amide bonds. The van der Waals surface area contributed by atoms with Gasteiger partial charge in [-0.3, -0.25) is 9.36 Å². The Labute approximate surface area is 194 Å². The summed E-state index contributed by atoms with van der Waals surface area (Å²) in [5, 5.41) is 8.17. The molecule has 1 fully saturated rings. The monoisotopic (exact) mass is 467 g/mol. The summed E-state index contributed by atoms with van der Waals surface area (Å²) in [4.78, 5) is 27.2. The van der Waals surface area contributed by atoms with Crippen molar-refractivity contribution >= 4 is 34.1 Å². The van der Waals surface area contributed by atoms with Crippen molar-refractivity contribution < 1.29 is 9.09 Å². The normalized spacial score (nSPS) is 14.5.